The van der Waals surface area contributed by atoms with Crippen molar-refractivity contribution in [1.82, 2.24) is 10.3 Å². The van der Waals surface area contributed by atoms with Gasteiger partial charge in [-0.2, -0.15) is 0 Å². The Labute approximate surface area is 103 Å². The van der Waals surface area contributed by atoms with Crippen LogP contribution in [-0.2, 0) is 11.2 Å². The van der Waals surface area contributed by atoms with Crippen LogP contribution in [0.3, 0.4) is 0 Å². The predicted octanol–water partition coefficient (Wildman–Crippen LogP) is 2.32. The van der Waals surface area contributed by atoms with Crippen molar-refractivity contribution in [2.75, 3.05) is 0 Å². The van der Waals surface area contributed by atoms with E-state index < -0.39 is 0 Å². The highest BCUT2D eigenvalue weighted by Crippen LogP contribution is 2.36. The minimum Gasteiger partial charge on any atom is -0.353 e. The van der Waals surface area contributed by atoms with Crippen molar-refractivity contribution in [3.8, 4) is 0 Å². The average molecular weight is 232 g/mol. The van der Waals surface area contributed by atoms with E-state index in [1.165, 1.54) is 6.42 Å². The number of carbonyl (C=O) groups excluding carboxylic acids is 1. The highest BCUT2D eigenvalue weighted by Gasteiger charge is 2.31. The summed E-state index contributed by atoms with van der Waals surface area (Å²) < 4.78 is 0. The Morgan fingerprint density at radius 3 is 3.00 bits per heavy atom. The van der Waals surface area contributed by atoms with Crippen LogP contribution < -0.4 is 5.32 Å². The lowest BCUT2D eigenvalue weighted by atomic mass is 9.92. The molecular formula is C14H20N2O. The Bertz CT molecular complexity index is 386. The van der Waals surface area contributed by atoms with E-state index in [1.54, 1.807) is 12.4 Å². The van der Waals surface area contributed by atoms with Crippen LogP contribution in [0.15, 0.2) is 24.5 Å². The van der Waals surface area contributed by atoms with E-state index in [0.29, 0.717) is 17.9 Å². The number of pyridine rings is 1. The second-order valence-electron chi connectivity index (χ2n) is 5.71. The lowest BCUT2D eigenvalue weighted by molar-refractivity contribution is -0.121. The zero-order chi connectivity index (χ0) is 12.3. The van der Waals surface area contributed by atoms with E-state index in [9.17, 15) is 4.79 Å². The number of hydrogen-bond donors (Lipinski definition) is 1. The number of rotatable bonds is 3. The van der Waals surface area contributed by atoms with Gasteiger partial charge < -0.3 is 5.32 Å². The molecule has 1 aliphatic rings. The maximum atomic E-state index is 11.8. The number of nitrogens with one attached hydrogen (secondary N) is 1. The Balaban J connectivity index is 1.83. The van der Waals surface area contributed by atoms with E-state index in [2.05, 4.69) is 24.1 Å². The molecule has 3 nitrogen and oxygen atoms in total. The normalized spacial score (nSPS) is 22.4. The smallest absolute Gasteiger partial charge is 0.224 e. The van der Waals surface area contributed by atoms with Gasteiger partial charge in [-0.15, -0.1) is 0 Å². The fourth-order valence-electron chi connectivity index (χ4n) is 2.53. The minimum atomic E-state index is 0.112. The first kappa shape index (κ1) is 12.1. The maximum Gasteiger partial charge on any atom is 0.224 e. The van der Waals surface area contributed by atoms with Gasteiger partial charge in [0.15, 0.2) is 0 Å². The van der Waals surface area contributed by atoms with Gasteiger partial charge >= 0.3 is 0 Å². The van der Waals surface area contributed by atoms with E-state index in [-0.39, 0.29) is 5.91 Å². The predicted molar refractivity (Wildman–Crippen MR) is 67.5 cm³/mol. The van der Waals surface area contributed by atoms with E-state index in [1.807, 2.05) is 12.1 Å². The molecule has 92 valence electrons. The summed E-state index contributed by atoms with van der Waals surface area (Å²) in [5, 5.41) is 3.12. The summed E-state index contributed by atoms with van der Waals surface area (Å²) in [4.78, 5) is 15.9. The molecule has 1 saturated carbocycles. The van der Waals surface area contributed by atoms with Crippen LogP contribution in [0.4, 0.5) is 0 Å². The van der Waals surface area contributed by atoms with Gasteiger partial charge in [-0.25, -0.2) is 0 Å². The standard InChI is InChI=1S/C14H20N2O/c1-14(2)6-5-12(9-14)16-13(17)8-11-4-3-7-15-10-11/h3-4,7,10,12H,5-6,8-9H2,1-2H3,(H,16,17). The molecule has 2 rings (SSSR count). The first-order valence-electron chi connectivity index (χ1n) is 6.23. The molecule has 1 aromatic heterocycles. The van der Waals surface area contributed by atoms with Crippen LogP contribution in [0, 0.1) is 5.41 Å². The molecule has 0 aromatic carbocycles. The molecule has 1 heterocycles. The third kappa shape index (κ3) is 3.55. The first-order valence-corrected chi connectivity index (χ1v) is 6.23. The van der Waals surface area contributed by atoms with Crippen LogP contribution in [0.25, 0.3) is 0 Å². The monoisotopic (exact) mass is 232 g/mol. The molecule has 0 saturated heterocycles. The maximum absolute atomic E-state index is 11.8. The van der Waals surface area contributed by atoms with Crippen molar-refractivity contribution in [1.29, 1.82) is 0 Å². The molecule has 1 unspecified atom stereocenters. The molecule has 3 heteroatoms. The van der Waals surface area contributed by atoms with Crippen LogP contribution in [-0.4, -0.2) is 16.9 Å². The molecule has 1 fully saturated rings. The fourth-order valence-corrected chi connectivity index (χ4v) is 2.53. The second kappa shape index (κ2) is 4.86. The number of carbonyl (C=O) groups is 1. The van der Waals surface area contributed by atoms with Crippen LogP contribution >= 0.6 is 0 Å². The summed E-state index contributed by atoms with van der Waals surface area (Å²) in [7, 11) is 0. The Morgan fingerprint density at radius 2 is 2.41 bits per heavy atom. The Morgan fingerprint density at radius 1 is 1.59 bits per heavy atom. The highest BCUT2D eigenvalue weighted by atomic mass is 16.1. The Hall–Kier alpha value is -1.38. The molecule has 0 aliphatic heterocycles. The van der Waals surface area contributed by atoms with Gasteiger partial charge in [0, 0.05) is 18.4 Å². The number of aromatic nitrogens is 1. The third-order valence-corrected chi connectivity index (χ3v) is 3.42. The van der Waals surface area contributed by atoms with Crippen molar-refractivity contribution in [3.63, 3.8) is 0 Å². The molecule has 1 aromatic rings. The van der Waals surface area contributed by atoms with Gasteiger partial charge in [0.25, 0.3) is 0 Å². The molecule has 17 heavy (non-hydrogen) atoms. The van der Waals surface area contributed by atoms with Gasteiger partial charge in [0.05, 0.1) is 6.42 Å². The molecule has 0 bridgehead atoms. The molecule has 0 radical (unpaired) electrons. The van der Waals surface area contributed by atoms with E-state index >= 15 is 0 Å². The van der Waals surface area contributed by atoms with Gasteiger partial charge in [-0.1, -0.05) is 19.9 Å². The fraction of sp³-hybridized carbons (Fsp3) is 0.571. The van der Waals surface area contributed by atoms with Crippen molar-refractivity contribution in [2.24, 2.45) is 5.41 Å². The Kier molecular flexibility index (Phi) is 3.46. The average Bonchev–Trinajstić information content (AvgIpc) is 2.59. The highest BCUT2D eigenvalue weighted by molar-refractivity contribution is 5.78. The zero-order valence-electron chi connectivity index (χ0n) is 10.6. The number of hydrogen-bond acceptors (Lipinski definition) is 2. The van der Waals surface area contributed by atoms with E-state index in [0.717, 1.165) is 18.4 Å². The van der Waals surface area contributed by atoms with Gasteiger partial charge in [0.1, 0.15) is 0 Å². The lowest BCUT2D eigenvalue weighted by Crippen LogP contribution is -2.34. The van der Waals surface area contributed by atoms with Crippen LogP contribution in [0.1, 0.15) is 38.7 Å². The SMILES string of the molecule is CC1(C)CCC(NC(=O)Cc2cccnc2)C1. The number of nitrogens with zero attached hydrogens (tertiary/aromatic N) is 1. The van der Waals surface area contributed by atoms with Crippen molar-refractivity contribution in [3.05, 3.63) is 30.1 Å². The quantitative estimate of drug-likeness (QED) is 0.869. The minimum absolute atomic E-state index is 0.112. The van der Waals surface area contributed by atoms with Gasteiger partial charge in [0.2, 0.25) is 5.91 Å². The largest absolute Gasteiger partial charge is 0.353 e. The molecule has 1 amide bonds. The molecule has 1 atom stereocenters. The van der Waals surface area contributed by atoms with Crippen LogP contribution in [0.2, 0.25) is 0 Å². The summed E-state index contributed by atoms with van der Waals surface area (Å²) in [6.07, 6.45) is 7.30. The van der Waals surface area contributed by atoms with E-state index in [4.69, 9.17) is 0 Å². The summed E-state index contributed by atoms with van der Waals surface area (Å²) in [5.74, 6) is 0.112. The zero-order valence-corrected chi connectivity index (χ0v) is 10.6. The number of amides is 1. The lowest BCUT2D eigenvalue weighted by Gasteiger charge is -2.17. The van der Waals surface area contributed by atoms with Crippen molar-refractivity contribution in [2.45, 2.75) is 45.6 Å². The second-order valence-corrected chi connectivity index (χ2v) is 5.71. The van der Waals surface area contributed by atoms with Crippen LogP contribution in [0.5, 0.6) is 0 Å². The summed E-state index contributed by atoms with van der Waals surface area (Å²) in [6, 6.07) is 4.15. The molecule has 1 N–H and O–H groups in total. The van der Waals surface area contributed by atoms with Gasteiger partial charge in [-0.3, -0.25) is 9.78 Å². The van der Waals surface area contributed by atoms with Crippen molar-refractivity contribution >= 4 is 5.91 Å². The molecule has 1 aliphatic carbocycles. The van der Waals surface area contributed by atoms with Gasteiger partial charge in [-0.05, 0) is 36.3 Å². The van der Waals surface area contributed by atoms with Crippen molar-refractivity contribution < 1.29 is 4.79 Å². The summed E-state index contributed by atoms with van der Waals surface area (Å²) in [6.45, 7) is 4.53. The molecule has 0 spiro atoms. The third-order valence-electron chi connectivity index (χ3n) is 3.42. The summed E-state index contributed by atoms with van der Waals surface area (Å²) in [5.41, 5.74) is 1.36. The first-order chi connectivity index (χ1) is 8.05. The molecular weight excluding hydrogens is 212 g/mol. The summed E-state index contributed by atoms with van der Waals surface area (Å²) >= 11 is 0. The topological polar surface area (TPSA) is 42.0 Å².